The summed E-state index contributed by atoms with van der Waals surface area (Å²) in [4.78, 5) is 2.29. The van der Waals surface area contributed by atoms with Crippen molar-refractivity contribution in [1.82, 2.24) is 4.90 Å². The topological polar surface area (TPSA) is 23.5 Å². The third kappa shape index (κ3) is 8.28. The maximum Gasteiger partial charge on any atom is 2.00 e. The molecule has 2 aliphatic rings. The van der Waals surface area contributed by atoms with E-state index >= 15 is 0 Å². The number of aliphatic hydroxyl groups excluding tert-OH is 1. The molecule has 1 aromatic rings. The van der Waals surface area contributed by atoms with Crippen LogP contribution in [-0.4, -0.2) is 30.1 Å². The summed E-state index contributed by atoms with van der Waals surface area (Å²) in [6.45, 7) is 4.58. The van der Waals surface area contributed by atoms with Gasteiger partial charge in [-0.3, -0.25) is 0 Å². The van der Waals surface area contributed by atoms with E-state index in [1.54, 1.807) is 0 Å². The third-order valence-corrected chi connectivity index (χ3v) is 6.30. The van der Waals surface area contributed by atoms with Gasteiger partial charge < -0.3 is 24.9 Å². The van der Waals surface area contributed by atoms with Crippen LogP contribution in [0.4, 0.5) is 0 Å². The van der Waals surface area contributed by atoms with Gasteiger partial charge in [0.2, 0.25) is 0 Å². The number of hydrogen-bond donors (Lipinski definition) is 1. The first-order valence-corrected chi connectivity index (χ1v) is 9.91. The van der Waals surface area contributed by atoms with Crippen molar-refractivity contribution in [2.45, 2.75) is 70.9 Å². The Hall–Kier alpha value is -0.341. The Balaban J connectivity index is 0. The number of aliphatic hydroxyl groups is 1. The maximum absolute atomic E-state index is 10.8. The zero-order valence-electron chi connectivity index (χ0n) is 18.5. The van der Waals surface area contributed by atoms with Crippen LogP contribution < -0.4 is 0 Å². The van der Waals surface area contributed by atoms with E-state index in [0.29, 0.717) is 23.8 Å². The van der Waals surface area contributed by atoms with Gasteiger partial charge in [0.25, 0.3) is 0 Å². The Morgan fingerprint density at radius 3 is 1.85 bits per heavy atom. The molecule has 1 aromatic carbocycles. The predicted octanol–water partition coefficient (Wildman–Crippen LogP) is 6.18. The van der Waals surface area contributed by atoms with Crippen LogP contribution in [-0.2, 0) is 17.1 Å². The second-order valence-corrected chi connectivity index (χ2v) is 8.12. The maximum atomic E-state index is 10.8. The van der Waals surface area contributed by atoms with Gasteiger partial charge in [-0.25, -0.2) is 0 Å². The van der Waals surface area contributed by atoms with Crippen LogP contribution in [0.2, 0.25) is 0 Å². The molecule has 0 radical (unpaired) electrons. The van der Waals surface area contributed by atoms with Gasteiger partial charge in [0.1, 0.15) is 0 Å². The smallest absolute Gasteiger partial charge is 0.388 e. The first kappa shape index (κ1) is 28.9. The molecule has 4 unspecified atom stereocenters. The SMILES string of the molecule is C1CCCC1.CC1CCC([C@@H](C)N(C)C)C1C(O)c1ccccc1.[CH3-].[CH3-].[Fe+2]. The molecule has 3 rings (SSSR count). The molecule has 0 aromatic heterocycles. The summed E-state index contributed by atoms with van der Waals surface area (Å²) in [6, 6.07) is 10.7. The molecule has 0 amide bonds. The van der Waals surface area contributed by atoms with Crippen LogP contribution >= 0.6 is 0 Å². The van der Waals surface area contributed by atoms with Gasteiger partial charge in [-0.15, -0.1) is 0 Å². The van der Waals surface area contributed by atoms with E-state index in [4.69, 9.17) is 0 Å². The molecule has 27 heavy (non-hydrogen) atoms. The first-order chi connectivity index (χ1) is 11.5. The molecule has 158 valence electrons. The van der Waals surface area contributed by atoms with Gasteiger partial charge in [-0.2, -0.15) is 0 Å². The van der Waals surface area contributed by atoms with Crippen molar-refractivity contribution in [2.75, 3.05) is 14.1 Å². The van der Waals surface area contributed by atoms with Gasteiger partial charge in [0, 0.05) is 6.04 Å². The molecule has 2 fully saturated rings. The Bertz CT molecular complexity index is 453. The van der Waals surface area contributed by atoms with Crippen LogP contribution in [0, 0.1) is 32.6 Å². The van der Waals surface area contributed by atoms with Crippen molar-refractivity contribution >= 4 is 0 Å². The predicted molar refractivity (Wildman–Crippen MR) is 116 cm³/mol. The van der Waals surface area contributed by atoms with Gasteiger partial charge in [0.05, 0.1) is 6.10 Å². The quantitative estimate of drug-likeness (QED) is 0.467. The Kier molecular flexibility index (Phi) is 15.6. The fraction of sp³-hybridized carbons (Fsp3) is 0.667. The molecule has 2 saturated carbocycles. The number of rotatable bonds is 4. The first-order valence-electron chi connectivity index (χ1n) is 9.91. The zero-order chi connectivity index (χ0) is 17.5. The fourth-order valence-corrected chi connectivity index (χ4v) is 4.51. The standard InChI is InChI=1S/C17H27NO.C5H10.2CH3.Fe/c1-12-10-11-15(13(2)18(3)4)16(12)17(19)14-8-6-5-7-9-14;1-2-4-5-3-1;;;/h5-9,12-13,15-17,19H,10-11H2,1-4H3;1-5H2;2*1H3;/q;;2*-1;+2/t12?,13-,15?,16?,17?;;;;/m1..../s1. The molecule has 2 nitrogen and oxygen atoms in total. The van der Waals surface area contributed by atoms with E-state index in [0.717, 1.165) is 5.56 Å². The minimum Gasteiger partial charge on any atom is -0.388 e. The monoisotopic (exact) mass is 417 g/mol. The second-order valence-electron chi connectivity index (χ2n) is 8.12. The summed E-state index contributed by atoms with van der Waals surface area (Å²) >= 11 is 0. The molecule has 5 atom stereocenters. The van der Waals surface area contributed by atoms with E-state index in [1.165, 1.54) is 44.9 Å². The Labute approximate surface area is 180 Å². The molecule has 0 aliphatic heterocycles. The Morgan fingerprint density at radius 2 is 1.41 bits per heavy atom. The van der Waals surface area contributed by atoms with Gasteiger partial charge >= 0.3 is 17.1 Å². The van der Waals surface area contributed by atoms with Gasteiger partial charge in [-0.05, 0) is 57.2 Å². The van der Waals surface area contributed by atoms with Gasteiger partial charge in [-0.1, -0.05) is 69.4 Å². The third-order valence-electron chi connectivity index (χ3n) is 6.30. The van der Waals surface area contributed by atoms with Crippen molar-refractivity contribution in [3.8, 4) is 0 Å². The molecular formula is C24H43FeNO. The zero-order valence-corrected chi connectivity index (χ0v) is 19.6. The van der Waals surface area contributed by atoms with E-state index in [1.807, 2.05) is 30.3 Å². The summed E-state index contributed by atoms with van der Waals surface area (Å²) in [5.74, 6) is 1.56. The number of benzene rings is 1. The molecule has 3 heteroatoms. The van der Waals surface area contributed by atoms with E-state index in [-0.39, 0.29) is 38.0 Å². The molecule has 0 saturated heterocycles. The molecular weight excluding hydrogens is 374 g/mol. The molecule has 0 heterocycles. The van der Waals surface area contributed by atoms with Crippen molar-refractivity contribution in [3.05, 3.63) is 50.7 Å². The average Bonchev–Trinajstić information content (AvgIpc) is 3.27. The molecule has 2 aliphatic carbocycles. The molecule has 0 bridgehead atoms. The number of nitrogens with zero attached hydrogens (tertiary/aromatic N) is 1. The van der Waals surface area contributed by atoms with Crippen LogP contribution in [0.3, 0.4) is 0 Å². The molecule has 0 spiro atoms. The normalized spacial score (nSPS) is 25.9. The van der Waals surface area contributed by atoms with Crippen molar-refractivity contribution in [2.24, 2.45) is 17.8 Å². The van der Waals surface area contributed by atoms with Crippen molar-refractivity contribution in [3.63, 3.8) is 0 Å². The Morgan fingerprint density at radius 1 is 0.926 bits per heavy atom. The molecule has 1 N–H and O–H groups in total. The second kappa shape index (κ2) is 14.6. The van der Waals surface area contributed by atoms with E-state index < -0.39 is 0 Å². The fourth-order valence-electron chi connectivity index (χ4n) is 4.51. The van der Waals surface area contributed by atoms with Crippen molar-refractivity contribution in [1.29, 1.82) is 0 Å². The summed E-state index contributed by atoms with van der Waals surface area (Å²) in [7, 11) is 4.28. The minimum atomic E-state index is -0.328. The van der Waals surface area contributed by atoms with Crippen LogP contribution in [0.5, 0.6) is 0 Å². The van der Waals surface area contributed by atoms with Crippen LogP contribution in [0.1, 0.15) is 70.5 Å². The van der Waals surface area contributed by atoms with Gasteiger partial charge in [0.15, 0.2) is 0 Å². The average molecular weight is 417 g/mol. The minimum absolute atomic E-state index is 0. The van der Waals surface area contributed by atoms with Crippen LogP contribution in [0.25, 0.3) is 0 Å². The summed E-state index contributed by atoms with van der Waals surface area (Å²) < 4.78 is 0. The largest absolute Gasteiger partial charge is 2.00 e. The summed E-state index contributed by atoms with van der Waals surface area (Å²) in [6.07, 6.45) is 9.64. The van der Waals surface area contributed by atoms with Crippen molar-refractivity contribution < 1.29 is 22.2 Å². The van der Waals surface area contributed by atoms with Crippen LogP contribution in [0.15, 0.2) is 30.3 Å². The summed E-state index contributed by atoms with van der Waals surface area (Å²) in [5.41, 5.74) is 1.07. The summed E-state index contributed by atoms with van der Waals surface area (Å²) in [5, 5.41) is 10.8. The van der Waals surface area contributed by atoms with E-state index in [9.17, 15) is 5.11 Å². The number of hydrogen-bond acceptors (Lipinski definition) is 2. The van der Waals surface area contributed by atoms with E-state index in [2.05, 4.69) is 32.8 Å².